The maximum absolute atomic E-state index is 15.3. The van der Waals surface area contributed by atoms with Gasteiger partial charge in [-0.2, -0.15) is 8.78 Å². The van der Waals surface area contributed by atoms with Crippen LogP contribution in [0.2, 0.25) is 0 Å². The summed E-state index contributed by atoms with van der Waals surface area (Å²) in [5.74, 6) is -5.83. The first kappa shape index (κ1) is 33.1. The molecule has 44 heavy (non-hydrogen) atoms. The van der Waals surface area contributed by atoms with Gasteiger partial charge in [0.15, 0.2) is 23.7 Å². The van der Waals surface area contributed by atoms with Gasteiger partial charge in [-0.1, -0.05) is 64.0 Å². The van der Waals surface area contributed by atoms with Crippen LogP contribution in [0.5, 0.6) is 5.75 Å². The summed E-state index contributed by atoms with van der Waals surface area (Å²) in [5.41, 5.74) is 1.06. The van der Waals surface area contributed by atoms with Crippen molar-refractivity contribution in [1.82, 2.24) is 0 Å². The second-order valence-corrected chi connectivity index (χ2v) is 13.1. The predicted molar refractivity (Wildman–Crippen MR) is 155 cm³/mol. The molecule has 3 nitrogen and oxygen atoms in total. The van der Waals surface area contributed by atoms with Crippen LogP contribution in [0, 0.1) is 46.9 Å². The fraction of sp³-hybridized carbons (Fsp3) is 0.657. The van der Waals surface area contributed by atoms with E-state index in [1.807, 2.05) is 0 Å². The number of alkyl halides is 2. The van der Waals surface area contributed by atoms with Crippen LogP contribution in [0.4, 0.5) is 26.3 Å². The minimum Gasteiger partial charge on any atom is -0.432 e. The molecule has 9 heteroatoms. The van der Waals surface area contributed by atoms with Crippen molar-refractivity contribution in [3.8, 4) is 5.75 Å². The number of hydrogen-bond donors (Lipinski definition) is 0. The van der Waals surface area contributed by atoms with Crippen LogP contribution in [0.15, 0.2) is 30.3 Å². The average Bonchev–Trinajstić information content (AvgIpc) is 3.02. The summed E-state index contributed by atoms with van der Waals surface area (Å²) in [6, 6.07) is 5.70. The van der Waals surface area contributed by atoms with Crippen LogP contribution in [0.25, 0.3) is 0 Å². The fourth-order valence-corrected chi connectivity index (χ4v) is 7.38. The monoisotopic (exact) mass is 626 g/mol. The second-order valence-electron chi connectivity index (χ2n) is 13.1. The maximum Gasteiger partial charge on any atom is 0.400 e. The molecule has 0 N–H and O–H groups in total. The first-order valence-electron chi connectivity index (χ1n) is 16.4. The summed E-state index contributed by atoms with van der Waals surface area (Å²) in [7, 11) is 0. The molecule has 244 valence electrons. The Balaban J connectivity index is 1.08. The summed E-state index contributed by atoms with van der Waals surface area (Å²) >= 11 is 0. The summed E-state index contributed by atoms with van der Waals surface area (Å²) in [6.07, 6.45) is 7.93. The van der Waals surface area contributed by atoms with E-state index in [0.717, 1.165) is 5.92 Å². The topological polar surface area (TPSA) is 27.7 Å². The molecule has 5 rings (SSSR count). The molecule has 1 aliphatic heterocycles. The first-order chi connectivity index (χ1) is 21.1. The van der Waals surface area contributed by atoms with Crippen LogP contribution < -0.4 is 4.74 Å². The Hall–Kier alpha value is -2.26. The molecule has 0 atom stereocenters. The smallest absolute Gasteiger partial charge is 0.400 e. The minimum atomic E-state index is -3.72. The normalized spacial score (nSPS) is 28.2. The summed E-state index contributed by atoms with van der Waals surface area (Å²) in [4.78, 5) is 0. The molecule has 0 amide bonds. The standard InChI is InChI=1S/C35H44F6O3/c1-2-3-4-5-6-22-7-9-23(10-8-22)26-20-42-34(43-21-26)25-13-16-29(30(36)17-25)24-11-14-27(15-12-24)35(40,41)44-28-18-31(37)33(39)32(38)19-28/h13,16-19,22-24,26-27,34H,2-12,14-15,20-21H2,1H3. The summed E-state index contributed by atoms with van der Waals surface area (Å²) in [6.45, 7) is 3.43. The van der Waals surface area contributed by atoms with Crippen molar-refractivity contribution in [3.63, 3.8) is 0 Å². The molecule has 3 aliphatic rings. The van der Waals surface area contributed by atoms with Crippen molar-refractivity contribution in [2.75, 3.05) is 13.2 Å². The van der Waals surface area contributed by atoms with Crippen LogP contribution in [0.3, 0.4) is 0 Å². The fourth-order valence-electron chi connectivity index (χ4n) is 7.38. The van der Waals surface area contributed by atoms with E-state index < -0.39 is 47.3 Å². The molecular formula is C35H44F6O3. The Kier molecular flexibility index (Phi) is 11.2. The van der Waals surface area contributed by atoms with Crippen LogP contribution >= 0.6 is 0 Å². The van der Waals surface area contributed by atoms with Crippen molar-refractivity contribution in [2.45, 2.75) is 109 Å². The largest absolute Gasteiger partial charge is 0.432 e. The highest BCUT2D eigenvalue weighted by atomic mass is 19.3. The third kappa shape index (κ3) is 8.11. The Bertz CT molecular complexity index is 1190. The number of halogens is 6. The lowest BCUT2D eigenvalue weighted by Crippen LogP contribution is -2.37. The van der Waals surface area contributed by atoms with Crippen molar-refractivity contribution >= 4 is 0 Å². The molecule has 1 heterocycles. The highest BCUT2D eigenvalue weighted by Gasteiger charge is 2.44. The molecule has 0 radical (unpaired) electrons. The van der Waals surface area contributed by atoms with Gasteiger partial charge in [0.25, 0.3) is 0 Å². The van der Waals surface area contributed by atoms with Gasteiger partial charge in [0.1, 0.15) is 11.6 Å². The number of benzene rings is 2. The van der Waals surface area contributed by atoms with Gasteiger partial charge in [0.05, 0.1) is 19.1 Å². The minimum absolute atomic E-state index is 0.0298. The number of ether oxygens (including phenoxy) is 3. The molecule has 0 spiro atoms. The van der Waals surface area contributed by atoms with Gasteiger partial charge in [-0.3, -0.25) is 0 Å². The Morgan fingerprint density at radius 2 is 1.41 bits per heavy atom. The van der Waals surface area contributed by atoms with E-state index in [0.29, 0.717) is 61.2 Å². The molecule has 0 unspecified atom stereocenters. The summed E-state index contributed by atoms with van der Waals surface area (Å²) < 4.78 is 102. The summed E-state index contributed by atoms with van der Waals surface area (Å²) in [5, 5.41) is 0. The third-order valence-corrected chi connectivity index (χ3v) is 10.1. The molecule has 2 aliphatic carbocycles. The Morgan fingerprint density at radius 1 is 0.750 bits per heavy atom. The molecule has 0 aromatic heterocycles. The highest BCUT2D eigenvalue weighted by Crippen LogP contribution is 2.45. The van der Waals surface area contributed by atoms with Crippen molar-refractivity contribution in [3.05, 3.63) is 64.7 Å². The van der Waals surface area contributed by atoms with Gasteiger partial charge < -0.3 is 14.2 Å². The van der Waals surface area contributed by atoms with Crippen molar-refractivity contribution in [1.29, 1.82) is 0 Å². The van der Waals surface area contributed by atoms with Gasteiger partial charge in [0.2, 0.25) is 0 Å². The average molecular weight is 627 g/mol. The van der Waals surface area contributed by atoms with Crippen LogP contribution in [-0.4, -0.2) is 19.3 Å². The van der Waals surface area contributed by atoms with E-state index in [4.69, 9.17) is 9.47 Å². The van der Waals surface area contributed by atoms with E-state index in [9.17, 15) is 22.0 Å². The molecule has 1 saturated heterocycles. The lowest BCUT2D eigenvalue weighted by molar-refractivity contribution is -0.222. The second kappa shape index (κ2) is 14.9. The highest BCUT2D eigenvalue weighted by molar-refractivity contribution is 5.29. The quantitative estimate of drug-likeness (QED) is 0.141. The molecule has 2 aromatic rings. The van der Waals surface area contributed by atoms with Gasteiger partial charge >= 0.3 is 6.11 Å². The van der Waals surface area contributed by atoms with Gasteiger partial charge in [-0.25, -0.2) is 17.6 Å². The molecule has 2 aromatic carbocycles. The number of hydrogen-bond acceptors (Lipinski definition) is 3. The SMILES string of the molecule is CCCCCCC1CCC(C2COC(c3ccc(C4CCC(C(F)(F)Oc5cc(F)c(F)c(F)c5)CC4)c(F)c3)OC2)CC1. The maximum atomic E-state index is 15.3. The van der Waals surface area contributed by atoms with Gasteiger partial charge in [0, 0.05) is 23.6 Å². The predicted octanol–water partition coefficient (Wildman–Crippen LogP) is 10.6. The zero-order valence-corrected chi connectivity index (χ0v) is 25.4. The van der Waals surface area contributed by atoms with E-state index in [1.165, 1.54) is 63.9 Å². The van der Waals surface area contributed by atoms with Gasteiger partial charge in [-0.05, 0) is 67.9 Å². The Morgan fingerprint density at radius 3 is 2.02 bits per heavy atom. The van der Waals surface area contributed by atoms with Crippen molar-refractivity contribution < 1.29 is 40.6 Å². The van der Waals surface area contributed by atoms with E-state index in [1.54, 1.807) is 12.1 Å². The molecule has 0 bridgehead atoms. The lowest BCUT2D eigenvalue weighted by Gasteiger charge is -2.38. The van der Waals surface area contributed by atoms with E-state index in [-0.39, 0.29) is 18.8 Å². The van der Waals surface area contributed by atoms with Crippen molar-refractivity contribution in [2.24, 2.45) is 23.7 Å². The number of rotatable bonds is 11. The third-order valence-electron chi connectivity index (χ3n) is 10.1. The lowest BCUT2D eigenvalue weighted by atomic mass is 9.74. The van der Waals surface area contributed by atoms with Crippen LogP contribution in [-0.2, 0) is 9.47 Å². The number of unbranched alkanes of at least 4 members (excludes halogenated alkanes) is 3. The van der Waals surface area contributed by atoms with E-state index >= 15 is 4.39 Å². The zero-order chi connectivity index (χ0) is 31.3. The molecule has 3 fully saturated rings. The van der Waals surface area contributed by atoms with E-state index in [2.05, 4.69) is 11.7 Å². The van der Waals surface area contributed by atoms with Crippen LogP contribution in [0.1, 0.15) is 114 Å². The Labute approximate surface area is 256 Å². The zero-order valence-electron chi connectivity index (χ0n) is 25.4. The first-order valence-corrected chi connectivity index (χ1v) is 16.4. The van der Waals surface area contributed by atoms with Gasteiger partial charge in [-0.15, -0.1) is 0 Å². The molecule has 2 saturated carbocycles. The molecular weight excluding hydrogens is 582 g/mol.